The Labute approximate surface area is 126 Å². The highest BCUT2D eigenvalue weighted by atomic mass is 35.5. The third kappa shape index (κ3) is 4.22. The summed E-state index contributed by atoms with van der Waals surface area (Å²) < 4.78 is 0. The fraction of sp³-hybridized carbons (Fsp3) is 0.562. The summed E-state index contributed by atoms with van der Waals surface area (Å²) in [6.07, 6.45) is 3.04. The van der Waals surface area contributed by atoms with E-state index in [-0.39, 0.29) is 5.91 Å². The van der Waals surface area contributed by atoms with E-state index in [1.54, 1.807) is 0 Å². The van der Waals surface area contributed by atoms with Crippen LogP contribution in [0.4, 0.5) is 0 Å². The van der Waals surface area contributed by atoms with Crippen LogP contribution < -0.4 is 10.6 Å². The van der Waals surface area contributed by atoms with Crippen molar-refractivity contribution < 1.29 is 4.79 Å². The summed E-state index contributed by atoms with van der Waals surface area (Å²) in [6, 6.07) is 8.15. The highest BCUT2D eigenvalue weighted by molar-refractivity contribution is 6.30. The first-order valence-electron chi connectivity index (χ1n) is 7.23. The first-order valence-corrected chi connectivity index (χ1v) is 7.61. The van der Waals surface area contributed by atoms with Crippen LogP contribution in [-0.2, 0) is 11.2 Å². The molecule has 1 saturated heterocycles. The summed E-state index contributed by atoms with van der Waals surface area (Å²) in [6.45, 7) is 5.74. The van der Waals surface area contributed by atoms with Gasteiger partial charge < -0.3 is 10.6 Å². The topological polar surface area (TPSA) is 41.1 Å². The van der Waals surface area contributed by atoms with Gasteiger partial charge in [0.05, 0.1) is 0 Å². The number of halogens is 1. The molecule has 0 radical (unpaired) electrons. The number of rotatable bonds is 5. The van der Waals surface area contributed by atoms with Crippen LogP contribution in [0, 0.1) is 5.41 Å². The second-order valence-corrected chi connectivity index (χ2v) is 6.63. The number of hydrogen-bond donors (Lipinski definition) is 2. The van der Waals surface area contributed by atoms with Crippen molar-refractivity contribution in [2.24, 2.45) is 5.41 Å². The first-order chi connectivity index (χ1) is 9.47. The van der Waals surface area contributed by atoms with Crippen molar-refractivity contribution in [2.45, 2.75) is 39.2 Å². The fourth-order valence-corrected chi connectivity index (χ4v) is 2.84. The molecule has 1 amide bonds. The molecule has 1 aromatic carbocycles. The molecule has 0 spiro atoms. The summed E-state index contributed by atoms with van der Waals surface area (Å²) in [4.78, 5) is 12.3. The van der Waals surface area contributed by atoms with Gasteiger partial charge in [0.15, 0.2) is 0 Å². The molecule has 0 aromatic heterocycles. The Balaban J connectivity index is 1.89. The normalized spacial score (nSPS) is 19.1. The van der Waals surface area contributed by atoms with Crippen molar-refractivity contribution in [1.29, 1.82) is 0 Å². The van der Waals surface area contributed by atoms with Crippen molar-refractivity contribution in [3.8, 4) is 0 Å². The van der Waals surface area contributed by atoms with E-state index in [4.69, 9.17) is 11.6 Å². The molecule has 20 heavy (non-hydrogen) atoms. The number of carbonyl (C=O) groups excluding carboxylic acids is 1. The van der Waals surface area contributed by atoms with E-state index >= 15 is 0 Å². The minimum Gasteiger partial charge on any atom is -0.354 e. The Hall–Kier alpha value is -1.06. The van der Waals surface area contributed by atoms with Crippen molar-refractivity contribution >= 4 is 17.5 Å². The lowest BCUT2D eigenvalue weighted by atomic mass is 9.84. The van der Waals surface area contributed by atoms with Crippen LogP contribution >= 0.6 is 11.6 Å². The average molecular weight is 295 g/mol. The number of hydrogen-bond acceptors (Lipinski definition) is 2. The summed E-state index contributed by atoms with van der Waals surface area (Å²) in [5.41, 5.74) is 0.667. The maximum Gasteiger partial charge on any atom is 0.226 e. The van der Waals surface area contributed by atoms with Crippen molar-refractivity contribution in [2.75, 3.05) is 13.1 Å². The lowest BCUT2D eigenvalue weighted by Crippen LogP contribution is -2.43. The molecule has 110 valence electrons. The molecule has 1 aliphatic heterocycles. The Kier molecular flexibility index (Phi) is 5.06. The third-order valence-corrected chi connectivity index (χ3v) is 4.06. The zero-order valence-corrected chi connectivity index (χ0v) is 13.0. The first kappa shape index (κ1) is 15.3. The second-order valence-electron chi connectivity index (χ2n) is 6.19. The van der Waals surface area contributed by atoms with Gasteiger partial charge >= 0.3 is 0 Å². The molecule has 1 fully saturated rings. The van der Waals surface area contributed by atoms with Crippen LogP contribution in [0.1, 0.15) is 32.3 Å². The van der Waals surface area contributed by atoms with Crippen LogP contribution in [0.25, 0.3) is 0 Å². The largest absolute Gasteiger partial charge is 0.354 e. The molecule has 1 heterocycles. The molecule has 4 heteroatoms. The lowest BCUT2D eigenvalue weighted by Gasteiger charge is -2.25. The quantitative estimate of drug-likeness (QED) is 0.877. The van der Waals surface area contributed by atoms with Crippen molar-refractivity contribution in [1.82, 2.24) is 10.6 Å². The van der Waals surface area contributed by atoms with Gasteiger partial charge in [-0.1, -0.05) is 37.6 Å². The Bertz CT molecular complexity index is 467. The molecule has 2 N–H and O–H groups in total. The summed E-state index contributed by atoms with van der Waals surface area (Å²) in [7, 11) is 0. The molecule has 2 rings (SSSR count). The van der Waals surface area contributed by atoms with E-state index in [9.17, 15) is 4.79 Å². The van der Waals surface area contributed by atoms with Gasteiger partial charge in [0, 0.05) is 23.0 Å². The molecule has 0 saturated carbocycles. The molecule has 1 unspecified atom stereocenters. The zero-order valence-electron chi connectivity index (χ0n) is 12.2. The van der Waals surface area contributed by atoms with Crippen LogP contribution in [0.2, 0.25) is 5.02 Å². The summed E-state index contributed by atoms with van der Waals surface area (Å²) in [5.74, 6) is 0.103. The minimum absolute atomic E-state index is 0.103. The van der Waals surface area contributed by atoms with E-state index in [0.29, 0.717) is 17.5 Å². The van der Waals surface area contributed by atoms with Gasteiger partial charge in [-0.15, -0.1) is 0 Å². The van der Waals surface area contributed by atoms with E-state index < -0.39 is 5.41 Å². The monoisotopic (exact) mass is 294 g/mol. The minimum atomic E-state index is -0.427. The van der Waals surface area contributed by atoms with E-state index in [1.165, 1.54) is 6.42 Å². The molecule has 1 atom stereocenters. The standard InChI is InChI=1S/C16H23ClN2O/c1-16(2,10-12-5-3-6-13(17)9-12)15(20)19-11-14-7-4-8-18-14/h3,5-6,9,14,18H,4,7-8,10-11H2,1-2H3,(H,19,20). The van der Waals surface area contributed by atoms with Gasteiger partial charge in [0.2, 0.25) is 5.91 Å². The van der Waals surface area contributed by atoms with Gasteiger partial charge in [0.1, 0.15) is 0 Å². The van der Waals surface area contributed by atoms with Crippen LogP contribution in [-0.4, -0.2) is 25.0 Å². The number of nitrogens with one attached hydrogen (secondary N) is 2. The van der Waals surface area contributed by atoms with Gasteiger partial charge in [-0.2, -0.15) is 0 Å². The van der Waals surface area contributed by atoms with Crippen LogP contribution in [0.5, 0.6) is 0 Å². The molecule has 1 aromatic rings. The Morgan fingerprint density at radius 1 is 1.50 bits per heavy atom. The predicted molar refractivity (Wildman–Crippen MR) is 83.0 cm³/mol. The molecule has 3 nitrogen and oxygen atoms in total. The SMILES string of the molecule is CC(C)(Cc1cccc(Cl)c1)C(=O)NCC1CCCN1. The lowest BCUT2D eigenvalue weighted by molar-refractivity contribution is -0.129. The zero-order chi connectivity index (χ0) is 14.6. The number of amides is 1. The highest BCUT2D eigenvalue weighted by Gasteiger charge is 2.28. The predicted octanol–water partition coefficient (Wildman–Crippen LogP) is 2.78. The van der Waals surface area contributed by atoms with Gasteiger partial charge in [-0.05, 0) is 43.5 Å². The van der Waals surface area contributed by atoms with Gasteiger partial charge in [-0.25, -0.2) is 0 Å². The van der Waals surface area contributed by atoms with E-state index in [2.05, 4.69) is 10.6 Å². The summed E-state index contributed by atoms with van der Waals surface area (Å²) >= 11 is 5.99. The third-order valence-electron chi connectivity index (χ3n) is 3.82. The van der Waals surface area contributed by atoms with Crippen LogP contribution in [0.15, 0.2) is 24.3 Å². The molecule has 0 aliphatic carbocycles. The summed E-state index contributed by atoms with van der Waals surface area (Å²) in [5, 5.41) is 7.17. The van der Waals surface area contributed by atoms with E-state index in [1.807, 2.05) is 38.1 Å². The molecule has 0 bridgehead atoms. The maximum absolute atomic E-state index is 12.3. The van der Waals surface area contributed by atoms with Crippen molar-refractivity contribution in [3.63, 3.8) is 0 Å². The molecular formula is C16H23ClN2O. The van der Waals surface area contributed by atoms with Gasteiger partial charge in [-0.3, -0.25) is 4.79 Å². The average Bonchev–Trinajstić information content (AvgIpc) is 2.88. The Morgan fingerprint density at radius 3 is 2.95 bits per heavy atom. The smallest absolute Gasteiger partial charge is 0.226 e. The van der Waals surface area contributed by atoms with Gasteiger partial charge in [0.25, 0.3) is 0 Å². The van der Waals surface area contributed by atoms with E-state index in [0.717, 1.165) is 25.1 Å². The number of carbonyl (C=O) groups is 1. The fourth-order valence-electron chi connectivity index (χ4n) is 2.62. The second kappa shape index (κ2) is 6.59. The van der Waals surface area contributed by atoms with Crippen molar-refractivity contribution in [3.05, 3.63) is 34.9 Å². The highest BCUT2D eigenvalue weighted by Crippen LogP contribution is 2.23. The number of benzene rings is 1. The molecule has 1 aliphatic rings. The Morgan fingerprint density at radius 2 is 2.30 bits per heavy atom. The molecular weight excluding hydrogens is 272 g/mol. The maximum atomic E-state index is 12.3. The van der Waals surface area contributed by atoms with Crippen LogP contribution in [0.3, 0.4) is 0 Å².